The molecule has 1 aliphatic rings. The first kappa shape index (κ1) is 12.1. The summed E-state index contributed by atoms with van der Waals surface area (Å²) in [4.78, 5) is 17.8. The summed E-state index contributed by atoms with van der Waals surface area (Å²) < 4.78 is 10.2. The molecule has 1 aromatic heterocycles. The third-order valence-electron chi connectivity index (χ3n) is 3.07. The van der Waals surface area contributed by atoms with Gasteiger partial charge in [-0.3, -0.25) is 9.69 Å². The van der Waals surface area contributed by atoms with Crippen LogP contribution in [0.4, 0.5) is 0 Å². The predicted molar refractivity (Wildman–Crippen MR) is 61.3 cm³/mol. The molecule has 0 amide bonds. The second kappa shape index (κ2) is 5.31. The Bertz CT molecular complexity index is 389. The molecule has 17 heavy (non-hydrogen) atoms. The molecule has 1 aliphatic heterocycles. The van der Waals surface area contributed by atoms with Crippen molar-refractivity contribution in [2.45, 2.75) is 26.3 Å². The Kier molecular flexibility index (Phi) is 3.78. The van der Waals surface area contributed by atoms with Crippen LogP contribution in [0.15, 0.2) is 10.6 Å². The fourth-order valence-electron chi connectivity index (χ4n) is 2.22. The van der Waals surface area contributed by atoms with Crippen molar-refractivity contribution in [1.82, 2.24) is 9.88 Å². The Morgan fingerprint density at radius 1 is 1.71 bits per heavy atom. The van der Waals surface area contributed by atoms with Gasteiger partial charge in [0, 0.05) is 6.54 Å². The summed E-state index contributed by atoms with van der Waals surface area (Å²) in [6.07, 6.45) is 3.64. The maximum Gasteiger partial charge on any atom is 0.309 e. The number of carbonyl (C=O) groups is 1. The number of aryl methyl sites for hydroxylation is 1. The van der Waals surface area contributed by atoms with Crippen molar-refractivity contribution < 1.29 is 13.9 Å². The number of hydrogen-bond acceptors (Lipinski definition) is 5. The molecule has 1 fully saturated rings. The van der Waals surface area contributed by atoms with Gasteiger partial charge in [-0.2, -0.15) is 0 Å². The van der Waals surface area contributed by atoms with Gasteiger partial charge in [-0.25, -0.2) is 4.98 Å². The number of methoxy groups -OCH3 is 1. The molecule has 5 heteroatoms. The van der Waals surface area contributed by atoms with Gasteiger partial charge in [0.2, 0.25) is 5.89 Å². The van der Waals surface area contributed by atoms with Gasteiger partial charge < -0.3 is 9.15 Å². The molecule has 0 aromatic carbocycles. The number of likely N-dealkylation sites (tertiary alicyclic amines) is 1. The van der Waals surface area contributed by atoms with Gasteiger partial charge >= 0.3 is 5.97 Å². The highest BCUT2D eigenvalue weighted by Crippen LogP contribution is 2.19. The second-order valence-electron chi connectivity index (χ2n) is 4.46. The van der Waals surface area contributed by atoms with Crippen LogP contribution in [0.2, 0.25) is 0 Å². The molecule has 0 N–H and O–H groups in total. The van der Waals surface area contributed by atoms with Crippen molar-refractivity contribution in [1.29, 1.82) is 0 Å². The summed E-state index contributed by atoms with van der Waals surface area (Å²) in [6.45, 7) is 4.26. The fourth-order valence-corrected chi connectivity index (χ4v) is 2.22. The zero-order valence-corrected chi connectivity index (χ0v) is 10.3. The van der Waals surface area contributed by atoms with Crippen molar-refractivity contribution in [2.24, 2.45) is 5.92 Å². The summed E-state index contributed by atoms with van der Waals surface area (Å²) in [5, 5.41) is 0. The lowest BCUT2D eigenvalue weighted by atomic mass is 9.98. The highest BCUT2D eigenvalue weighted by Gasteiger charge is 2.26. The number of nitrogens with zero attached hydrogens (tertiary/aromatic N) is 2. The molecular weight excluding hydrogens is 220 g/mol. The van der Waals surface area contributed by atoms with E-state index < -0.39 is 0 Å². The van der Waals surface area contributed by atoms with Crippen LogP contribution in [0.3, 0.4) is 0 Å². The molecular formula is C12H18N2O3. The molecule has 5 nitrogen and oxygen atoms in total. The minimum Gasteiger partial charge on any atom is -0.469 e. The Labute approximate surface area is 101 Å². The van der Waals surface area contributed by atoms with E-state index in [-0.39, 0.29) is 11.9 Å². The van der Waals surface area contributed by atoms with E-state index >= 15 is 0 Å². The average molecular weight is 238 g/mol. The van der Waals surface area contributed by atoms with Crippen molar-refractivity contribution in [2.75, 3.05) is 20.2 Å². The Hall–Kier alpha value is -1.36. The third kappa shape index (κ3) is 3.06. The number of ether oxygens (including phenoxy) is 1. The molecule has 94 valence electrons. The van der Waals surface area contributed by atoms with Crippen LogP contribution in [0.25, 0.3) is 0 Å². The van der Waals surface area contributed by atoms with Crippen molar-refractivity contribution in [3.63, 3.8) is 0 Å². The Morgan fingerprint density at radius 3 is 3.18 bits per heavy atom. The number of esters is 1. The molecule has 1 saturated heterocycles. The van der Waals surface area contributed by atoms with E-state index in [0.29, 0.717) is 12.4 Å². The van der Waals surface area contributed by atoms with Crippen LogP contribution >= 0.6 is 0 Å². The van der Waals surface area contributed by atoms with Gasteiger partial charge in [0.05, 0.1) is 25.8 Å². The molecule has 0 unspecified atom stereocenters. The van der Waals surface area contributed by atoms with Crippen LogP contribution < -0.4 is 0 Å². The lowest BCUT2D eigenvalue weighted by Gasteiger charge is -2.30. The van der Waals surface area contributed by atoms with Gasteiger partial charge in [0.1, 0.15) is 5.76 Å². The van der Waals surface area contributed by atoms with Crippen molar-refractivity contribution in [3.05, 3.63) is 17.8 Å². The monoisotopic (exact) mass is 238 g/mol. The Balaban J connectivity index is 1.91. The third-order valence-corrected chi connectivity index (χ3v) is 3.07. The normalized spacial score (nSPS) is 21.4. The fraction of sp³-hybridized carbons (Fsp3) is 0.667. The number of oxazole rings is 1. The molecule has 0 radical (unpaired) electrons. The topological polar surface area (TPSA) is 55.6 Å². The quantitative estimate of drug-likeness (QED) is 0.744. The summed E-state index contributed by atoms with van der Waals surface area (Å²) in [5.41, 5.74) is 0. The maximum atomic E-state index is 11.5. The summed E-state index contributed by atoms with van der Waals surface area (Å²) in [6, 6.07) is 0. The van der Waals surface area contributed by atoms with E-state index in [1.165, 1.54) is 7.11 Å². The molecule has 0 spiro atoms. The average Bonchev–Trinajstić information content (AvgIpc) is 2.74. The predicted octanol–water partition coefficient (Wildman–Crippen LogP) is 1.37. The highest BCUT2D eigenvalue weighted by atomic mass is 16.5. The lowest BCUT2D eigenvalue weighted by molar-refractivity contribution is -0.147. The van der Waals surface area contributed by atoms with Crippen LogP contribution in [0.1, 0.15) is 24.5 Å². The number of aromatic nitrogens is 1. The van der Waals surface area contributed by atoms with Gasteiger partial charge in [0.25, 0.3) is 0 Å². The molecule has 1 atom stereocenters. The van der Waals surface area contributed by atoms with Gasteiger partial charge in [0.15, 0.2) is 0 Å². The molecule has 2 rings (SSSR count). The number of carbonyl (C=O) groups excluding carboxylic acids is 1. The van der Waals surface area contributed by atoms with Crippen LogP contribution in [0.5, 0.6) is 0 Å². The minimum absolute atomic E-state index is 0.00944. The molecule has 0 saturated carbocycles. The van der Waals surface area contributed by atoms with Gasteiger partial charge in [-0.1, -0.05) is 0 Å². The Morgan fingerprint density at radius 2 is 2.53 bits per heavy atom. The zero-order valence-electron chi connectivity index (χ0n) is 10.3. The van der Waals surface area contributed by atoms with E-state index in [9.17, 15) is 4.79 Å². The van der Waals surface area contributed by atoms with E-state index in [4.69, 9.17) is 9.15 Å². The number of piperidine rings is 1. The second-order valence-corrected chi connectivity index (χ2v) is 4.46. The maximum absolute atomic E-state index is 11.5. The zero-order chi connectivity index (χ0) is 12.3. The summed E-state index contributed by atoms with van der Waals surface area (Å²) in [7, 11) is 1.44. The van der Waals surface area contributed by atoms with Crippen LogP contribution in [-0.2, 0) is 16.1 Å². The minimum atomic E-state index is -0.113. The van der Waals surface area contributed by atoms with Gasteiger partial charge in [-0.15, -0.1) is 0 Å². The molecule has 0 bridgehead atoms. The first-order valence-corrected chi connectivity index (χ1v) is 5.90. The SMILES string of the molecule is COC(=O)[C@@H]1CCCN(Cc2ncc(C)o2)C1. The summed E-state index contributed by atoms with van der Waals surface area (Å²) in [5.74, 6) is 1.41. The van der Waals surface area contributed by atoms with Crippen molar-refractivity contribution >= 4 is 5.97 Å². The van der Waals surface area contributed by atoms with Crippen LogP contribution in [0, 0.1) is 12.8 Å². The van der Waals surface area contributed by atoms with Crippen LogP contribution in [-0.4, -0.2) is 36.1 Å². The molecule has 2 heterocycles. The largest absolute Gasteiger partial charge is 0.469 e. The molecule has 0 aliphatic carbocycles. The first-order valence-electron chi connectivity index (χ1n) is 5.90. The highest BCUT2D eigenvalue weighted by molar-refractivity contribution is 5.72. The molecule has 1 aromatic rings. The van der Waals surface area contributed by atoms with Crippen molar-refractivity contribution in [3.8, 4) is 0 Å². The number of rotatable bonds is 3. The van der Waals surface area contributed by atoms with E-state index in [2.05, 4.69) is 9.88 Å². The lowest BCUT2D eigenvalue weighted by Crippen LogP contribution is -2.38. The number of hydrogen-bond donors (Lipinski definition) is 0. The first-order chi connectivity index (χ1) is 8.19. The van der Waals surface area contributed by atoms with E-state index in [1.54, 1.807) is 6.20 Å². The smallest absolute Gasteiger partial charge is 0.309 e. The van der Waals surface area contributed by atoms with E-state index in [0.717, 1.165) is 31.7 Å². The van der Waals surface area contributed by atoms with E-state index in [1.807, 2.05) is 6.92 Å². The summed E-state index contributed by atoms with van der Waals surface area (Å²) >= 11 is 0. The van der Waals surface area contributed by atoms with Gasteiger partial charge in [-0.05, 0) is 26.3 Å². The standard InChI is InChI=1S/C12H18N2O3/c1-9-6-13-11(17-9)8-14-5-3-4-10(7-14)12(15)16-2/h6,10H,3-5,7-8H2,1-2H3/t10-/m1/s1.